The summed E-state index contributed by atoms with van der Waals surface area (Å²) in [5.41, 5.74) is 7.93. The van der Waals surface area contributed by atoms with Crippen LogP contribution >= 0.6 is 0 Å². The smallest absolute Gasteiger partial charge is 0.326 e. The SMILES string of the molecule is CC(C(=O)O)N(C/C=C/c1cccc(C(=N)N)c1)c1ccc(OC2CCNCC2)cc1. The lowest BCUT2D eigenvalue weighted by Crippen LogP contribution is -2.39. The van der Waals surface area contributed by atoms with Gasteiger partial charge in [-0.2, -0.15) is 0 Å². The molecule has 1 saturated heterocycles. The predicted octanol–water partition coefficient (Wildman–Crippen LogP) is 3.09. The van der Waals surface area contributed by atoms with Gasteiger partial charge in [0.15, 0.2) is 0 Å². The summed E-state index contributed by atoms with van der Waals surface area (Å²) in [5.74, 6) is -0.0691. The van der Waals surface area contributed by atoms with E-state index in [4.69, 9.17) is 15.9 Å². The Hall–Kier alpha value is -3.32. The van der Waals surface area contributed by atoms with Crippen LogP contribution in [0.3, 0.4) is 0 Å². The largest absolute Gasteiger partial charge is 0.490 e. The van der Waals surface area contributed by atoms with Crippen molar-refractivity contribution in [2.24, 2.45) is 5.73 Å². The van der Waals surface area contributed by atoms with E-state index >= 15 is 0 Å². The minimum Gasteiger partial charge on any atom is -0.490 e. The van der Waals surface area contributed by atoms with Crippen molar-refractivity contribution in [3.8, 4) is 5.75 Å². The molecule has 0 saturated carbocycles. The molecular weight excluding hydrogens is 392 g/mol. The van der Waals surface area contributed by atoms with Crippen LogP contribution in [0, 0.1) is 5.41 Å². The molecule has 0 bridgehead atoms. The van der Waals surface area contributed by atoms with E-state index in [-0.39, 0.29) is 11.9 Å². The van der Waals surface area contributed by atoms with E-state index in [0.717, 1.165) is 42.9 Å². The number of nitrogens with one attached hydrogen (secondary N) is 2. The monoisotopic (exact) mass is 422 g/mol. The molecule has 1 fully saturated rings. The summed E-state index contributed by atoms with van der Waals surface area (Å²) in [6.07, 6.45) is 6.01. The number of carboxylic acids is 1. The Morgan fingerprint density at radius 2 is 2.00 bits per heavy atom. The van der Waals surface area contributed by atoms with Crippen molar-refractivity contribution in [3.05, 3.63) is 65.7 Å². The average molecular weight is 423 g/mol. The molecule has 0 amide bonds. The predicted molar refractivity (Wildman–Crippen MR) is 124 cm³/mol. The number of hydrogen-bond donors (Lipinski definition) is 4. The molecule has 3 rings (SSSR count). The second kappa shape index (κ2) is 10.6. The van der Waals surface area contributed by atoms with Gasteiger partial charge < -0.3 is 25.8 Å². The number of hydrogen-bond acceptors (Lipinski definition) is 5. The molecular formula is C24H30N4O3. The number of nitrogen functional groups attached to an aromatic ring is 1. The number of carboxylic acid groups (broad SMARTS) is 1. The molecule has 2 aromatic carbocycles. The topological polar surface area (TPSA) is 112 Å². The van der Waals surface area contributed by atoms with Gasteiger partial charge >= 0.3 is 5.97 Å². The van der Waals surface area contributed by atoms with Crippen molar-refractivity contribution >= 4 is 23.6 Å². The fourth-order valence-electron chi connectivity index (χ4n) is 3.55. The lowest BCUT2D eigenvalue weighted by molar-refractivity contribution is -0.138. The van der Waals surface area contributed by atoms with Crippen LogP contribution < -0.4 is 20.7 Å². The van der Waals surface area contributed by atoms with Crippen molar-refractivity contribution in [1.82, 2.24) is 5.32 Å². The van der Waals surface area contributed by atoms with Gasteiger partial charge in [0.05, 0.1) is 0 Å². The molecule has 2 aromatic rings. The van der Waals surface area contributed by atoms with Gasteiger partial charge in [-0.05, 0) is 68.8 Å². The normalized spacial score (nSPS) is 15.5. The zero-order valence-electron chi connectivity index (χ0n) is 17.8. The Morgan fingerprint density at radius 1 is 1.29 bits per heavy atom. The molecule has 1 aliphatic rings. The fraction of sp³-hybridized carbons (Fsp3) is 0.333. The van der Waals surface area contributed by atoms with E-state index in [1.54, 1.807) is 13.0 Å². The second-order valence-corrected chi connectivity index (χ2v) is 7.67. The molecule has 7 nitrogen and oxygen atoms in total. The maximum atomic E-state index is 11.7. The molecule has 0 spiro atoms. The quantitative estimate of drug-likeness (QED) is 0.365. The van der Waals surface area contributed by atoms with Gasteiger partial charge in [0, 0.05) is 17.8 Å². The Balaban J connectivity index is 1.70. The number of ether oxygens (including phenoxy) is 1. The number of nitrogens with two attached hydrogens (primary N) is 1. The average Bonchev–Trinajstić information content (AvgIpc) is 2.78. The first kappa shape index (κ1) is 22.4. The molecule has 1 unspecified atom stereocenters. The van der Waals surface area contributed by atoms with Gasteiger partial charge in [-0.3, -0.25) is 5.41 Å². The molecule has 5 N–H and O–H groups in total. The third-order valence-electron chi connectivity index (χ3n) is 5.39. The second-order valence-electron chi connectivity index (χ2n) is 7.67. The number of amidine groups is 1. The van der Waals surface area contributed by atoms with Crippen LogP contribution in [-0.2, 0) is 4.79 Å². The molecule has 31 heavy (non-hydrogen) atoms. The Morgan fingerprint density at radius 3 is 2.65 bits per heavy atom. The fourth-order valence-corrected chi connectivity index (χ4v) is 3.55. The van der Waals surface area contributed by atoms with E-state index in [1.165, 1.54) is 0 Å². The standard InChI is InChI=1S/C24H30N4O3/c1-17(24(29)30)28(15-3-5-18-4-2-6-19(16-18)23(25)26)20-7-9-21(10-8-20)31-22-11-13-27-14-12-22/h2-10,16-17,22,27H,11-15H2,1H3,(H3,25,26)(H,29,30)/b5-3+. The first-order valence-corrected chi connectivity index (χ1v) is 10.5. The zero-order valence-corrected chi connectivity index (χ0v) is 17.8. The van der Waals surface area contributed by atoms with E-state index in [9.17, 15) is 9.90 Å². The van der Waals surface area contributed by atoms with E-state index in [1.807, 2.05) is 59.5 Å². The molecule has 1 aliphatic heterocycles. The van der Waals surface area contributed by atoms with Crippen LogP contribution in [0.4, 0.5) is 5.69 Å². The highest BCUT2D eigenvalue weighted by atomic mass is 16.5. The summed E-state index contributed by atoms with van der Waals surface area (Å²) < 4.78 is 6.05. The summed E-state index contributed by atoms with van der Waals surface area (Å²) in [4.78, 5) is 13.5. The number of nitrogens with zero attached hydrogens (tertiary/aromatic N) is 1. The Kier molecular flexibility index (Phi) is 7.67. The number of piperidine rings is 1. The lowest BCUT2D eigenvalue weighted by Gasteiger charge is -2.28. The van der Waals surface area contributed by atoms with Gasteiger partial charge in [-0.15, -0.1) is 0 Å². The highest BCUT2D eigenvalue weighted by Gasteiger charge is 2.20. The van der Waals surface area contributed by atoms with Crippen LogP contribution in [0.5, 0.6) is 5.75 Å². The van der Waals surface area contributed by atoms with Crippen LogP contribution in [0.1, 0.15) is 30.9 Å². The molecule has 0 aromatic heterocycles. The van der Waals surface area contributed by atoms with Gasteiger partial charge in [0.1, 0.15) is 23.7 Å². The number of carbonyl (C=O) groups is 1. The van der Waals surface area contributed by atoms with E-state index in [0.29, 0.717) is 12.1 Å². The van der Waals surface area contributed by atoms with Crippen LogP contribution in [0.25, 0.3) is 6.08 Å². The van der Waals surface area contributed by atoms with E-state index < -0.39 is 12.0 Å². The van der Waals surface area contributed by atoms with Crippen molar-refractivity contribution in [3.63, 3.8) is 0 Å². The van der Waals surface area contributed by atoms with Gasteiger partial charge in [-0.25, -0.2) is 4.79 Å². The third-order valence-corrected chi connectivity index (χ3v) is 5.39. The number of anilines is 1. The summed E-state index contributed by atoms with van der Waals surface area (Å²) in [7, 11) is 0. The Bertz CT molecular complexity index is 921. The van der Waals surface area contributed by atoms with Crippen molar-refractivity contribution < 1.29 is 14.6 Å². The minimum absolute atomic E-state index is 0.0168. The molecule has 7 heteroatoms. The molecule has 0 radical (unpaired) electrons. The highest BCUT2D eigenvalue weighted by Crippen LogP contribution is 2.24. The van der Waals surface area contributed by atoms with Gasteiger partial charge in [0.25, 0.3) is 0 Å². The number of benzene rings is 2. The highest BCUT2D eigenvalue weighted by molar-refractivity contribution is 5.95. The molecule has 1 heterocycles. The maximum Gasteiger partial charge on any atom is 0.326 e. The Labute approximate surface area is 183 Å². The van der Waals surface area contributed by atoms with Crippen LogP contribution in [-0.4, -0.2) is 48.7 Å². The first-order valence-electron chi connectivity index (χ1n) is 10.5. The van der Waals surface area contributed by atoms with Crippen molar-refractivity contribution in [2.45, 2.75) is 31.9 Å². The maximum absolute atomic E-state index is 11.7. The zero-order chi connectivity index (χ0) is 22.2. The van der Waals surface area contributed by atoms with Crippen LogP contribution in [0.15, 0.2) is 54.6 Å². The van der Waals surface area contributed by atoms with Gasteiger partial charge in [-0.1, -0.05) is 30.4 Å². The minimum atomic E-state index is -0.887. The molecule has 164 valence electrons. The molecule has 0 aliphatic carbocycles. The van der Waals surface area contributed by atoms with Crippen molar-refractivity contribution in [2.75, 3.05) is 24.5 Å². The van der Waals surface area contributed by atoms with Crippen LogP contribution in [0.2, 0.25) is 0 Å². The third kappa shape index (κ3) is 6.33. The first-order chi connectivity index (χ1) is 14.9. The summed E-state index contributed by atoms with van der Waals surface area (Å²) in [5, 5.41) is 20.4. The summed E-state index contributed by atoms with van der Waals surface area (Å²) >= 11 is 0. The lowest BCUT2D eigenvalue weighted by atomic mass is 10.1. The van der Waals surface area contributed by atoms with E-state index in [2.05, 4.69) is 5.32 Å². The summed E-state index contributed by atoms with van der Waals surface area (Å²) in [6.45, 7) is 4.03. The summed E-state index contributed by atoms with van der Waals surface area (Å²) in [6, 6.07) is 14.3. The van der Waals surface area contributed by atoms with Crippen molar-refractivity contribution in [1.29, 1.82) is 5.41 Å². The molecule has 1 atom stereocenters. The number of aliphatic carboxylic acids is 1. The van der Waals surface area contributed by atoms with Gasteiger partial charge in [0.2, 0.25) is 0 Å². The number of rotatable bonds is 9.